The molecule has 164 valence electrons. The first-order valence-electron chi connectivity index (χ1n) is 10.3. The van der Waals surface area contributed by atoms with Crippen LogP contribution < -0.4 is 15.4 Å². The molecule has 3 heterocycles. The van der Waals surface area contributed by atoms with E-state index in [2.05, 4.69) is 15.6 Å². The molecule has 4 rings (SSSR count). The molecule has 2 N–H and O–H groups in total. The molecule has 0 bridgehead atoms. The van der Waals surface area contributed by atoms with Crippen molar-refractivity contribution in [1.29, 1.82) is 0 Å². The highest BCUT2D eigenvalue weighted by Gasteiger charge is 2.43. The Morgan fingerprint density at radius 1 is 1.29 bits per heavy atom. The molecule has 0 atom stereocenters. The molecule has 1 fully saturated rings. The van der Waals surface area contributed by atoms with Gasteiger partial charge in [-0.3, -0.25) is 9.79 Å². The number of carbonyl (C=O) groups excluding carboxylic acids is 1. The lowest BCUT2D eigenvalue weighted by Gasteiger charge is -2.46. The SMILES string of the molecule is COCCN=C1Nc2ncccc2NC12CCN(C(=O)COc1cccc(Cl)c1)CC2. The van der Waals surface area contributed by atoms with Crippen molar-refractivity contribution in [3.8, 4) is 5.75 Å². The third-order valence-corrected chi connectivity index (χ3v) is 5.80. The van der Waals surface area contributed by atoms with Gasteiger partial charge in [0.25, 0.3) is 5.91 Å². The number of halogens is 1. The Bertz CT molecular complexity index is 960. The Morgan fingerprint density at radius 2 is 2.13 bits per heavy atom. The van der Waals surface area contributed by atoms with Crippen molar-refractivity contribution in [2.24, 2.45) is 4.99 Å². The van der Waals surface area contributed by atoms with E-state index in [4.69, 9.17) is 26.1 Å². The number of aromatic nitrogens is 1. The molecule has 0 unspecified atom stereocenters. The smallest absolute Gasteiger partial charge is 0.260 e. The minimum Gasteiger partial charge on any atom is -0.484 e. The Kier molecular flexibility index (Phi) is 6.58. The number of nitrogens with one attached hydrogen (secondary N) is 2. The van der Waals surface area contributed by atoms with E-state index in [0.29, 0.717) is 37.0 Å². The lowest BCUT2D eigenvalue weighted by molar-refractivity contribution is -0.134. The summed E-state index contributed by atoms with van der Waals surface area (Å²) in [6.45, 7) is 2.29. The molecule has 1 saturated heterocycles. The fourth-order valence-electron chi connectivity index (χ4n) is 3.89. The van der Waals surface area contributed by atoms with Gasteiger partial charge in [-0.1, -0.05) is 17.7 Å². The van der Waals surface area contributed by atoms with Gasteiger partial charge < -0.3 is 25.0 Å². The number of amides is 1. The number of fused-ring (bicyclic) bond motifs is 1. The predicted molar refractivity (Wildman–Crippen MR) is 121 cm³/mol. The molecule has 0 aliphatic carbocycles. The van der Waals surface area contributed by atoms with Crippen molar-refractivity contribution in [1.82, 2.24) is 9.88 Å². The standard InChI is InChI=1S/C22H26ClN5O3/c1-30-13-10-25-21-22(27-18-6-3-9-24-20(18)26-21)7-11-28(12-8-22)19(29)15-31-17-5-2-4-16(23)14-17/h2-6,9,14,27H,7-8,10-13,15H2,1H3,(H,24,25,26). The number of methoxy groups -OCH3 is 1. The number of rotatable bonds is 6. The van der Waals surface area contributed by atoms with Crippen molar-refractivity contribution in [3.05, 3.63) is 47.6 Å². The molecular weight excluding hydrogens is 418 g/mol. The van der Waals surface area contributed by atoms with Crippen LogP contribution in [0.5, 0.6) is 5.75 Å². The Balaban J connectivity index is 1.42. The number of likely N-dealkylation sites (tertiary alicyclic amines) is 1. The number of nitrogens with zero attached hydrogens (tertiary/aromatic N) is 3. The molecular formula is C22H26ClN5O3. The van der Waals surface area contributed by atoms with Gasteiger partial charge in [0.05, 0.1) is 24.4 Å². The minimum absolute atomic E-state index is 0.0133. The van der Waals surface area contributed by atoms with Gasteiger partial charge in [0.1, 0.15) is 11.6 Å². The molecule has 31 heavy (non-hydrogen) atoms. The van der Waals surface area contributed by atoms with Crippen LogP contribution in [0.2, 0.25) is 5.02 Å². The van der Waals surface area contributed by atoms with Crippen molar-refractivity contribution < 1.29 is 14.3 Å². The molecule has 8 nitrogen and oxygen atoms in total. The van der Waals surface area contributed by atoms with Gasteiger partial charge in [-0.15, -0.1) is 0 Å². The molecule has 1 amide bonds. The Hall–Kier alpha value is -2.84. The lowest BCUT2D eigenvalue weighted by Crippen LogP contribution is -2.59. The van der Waals surface area contributed by atoms with Crippen LogP contribution in [-0.4, -0.2) is 67.1 Å². The maximum atomic E-state index is 12.7. The summed E-state index contributed by atoms with van der Waals surface area (Å²) in [6, 6.07) is 11.0. The largest absolute Gasteiger partial charge is 0.484 e. The average molecular weight is 444 g/mol. The highest BCUT2D eigenvalue weighted by molar-refractivity contribution is 6.30. The monoisotopic (exact) mass is 443 g/mol. The fraction of sp³-hybridized carbons (Fsp3) is 0.409. The lowest BCUT2D eigenvalue weighted by atomic mass is 9.84. The summed E-state index contributed by atoms with van der Waals surface area (Å²) in [6.07, 6.45) is 3.20. The van der Waals surface area contributed by atoms with E-state index in [1.807, 2.05) is 17.0 Å². The second-order valence-electron chi connectivity index (χ2n) is 7.58. The number of hydrogen-bond donors (Lipinski definition) is 2. The van der Waals surface area contributed by atoms with Crippen molar-refractivity contribution in [2.45, 2.75) is 18.4 Å². The van der Waals surface area contributed by atoms with Crippen molar-refractivity contribution in [3.63, 3.8) is 0 Å². The van der Waals surface area contributed by atoms with Crippen molar-refractivity contribution >= 4 is 34.8 Å². The zero-order valence-corrected chi connectivity index (χ0v) is 18.2. The van der Waals surface area contributed by atoms with E-state index in [-0.39, 0.29) is 18.1 Å². The summed E-state index contributed by atoms with van der Waals surface area (Å²) in [5, 5.41) is 7.60. The number of ether oxygens (including phenoxy) is 2. The third kappa shape index (κ3) is 4.91. The van der Waals surface area contributed by atoms with Gasteiger partial charge in [-0.25, -0.2) is 4.98 Å². The van der Waals surface area contributed by atoms with Gasteiger partial charge in [-0.05, 0) is 43.2 Å². The third-order valence-electron chi connectivity index (χ3n) is 5.57. The summed E-state index contributed by atoms with van der Waals surface area (Å²) >= 11 is 5.97. The number of pyridine rings is 1. The number of hydrogen-bond acceptors (Lipinski definition) is 6. The molecule has 1 spiro atoms. The van der Waals surface area contributed by atoms with Crippen LogP contribution in [0.15, 0.2) is 47.6 Å². The van der Waals surface area contributed by atoms with Crippen LogP contribution in [0.4, 0.5) is 11.5 Å². The zero-order chi connectivity index (χ0) is 21.7. The molecule has 2 aliphatic heterocycles. The van der Waals surface area contributed by atoms with Gasteiger partial charge >= 0.3 is 0 Å². The maximum Gasteiger partial charge on any atom is 0.260 e. The van der Waals surface area contributed by atoms with Crippen LogP contribution in [-0.2, 0) is 9.53 Å². The predicted octanol–water partition coefficient (Wildman–Crippen LogP) is 3.06. The van der Waals surface area contributed by atoms with Gasteiger partial charge in [-0.2, -0.15) is 0 Å². The number of anilines is 2. The number of benzene rings is 1. The fourth-order valence-corrected chi connectivity index (χ4v) is 4.07. The first-order valence-corrected chi connectivity index (χ1v) is 10.7. The first kappa shape index (κ1) is 21.4. The van der Waals surface area contributed by atoms with Gasteiger partial charge in [0.15, 0.2) is 12.4 Å². The van der Waals surface area contributed by atoms with Gasteiger partial charge in [0, 0.05) is 31.4 Å². The number of piperidine rings is 1. The Labute approximate surface area is 186 Å². The summed E-state index contributed by atoms with van der Waals surface area (Å²) in [5.74, 6) is 2.15. The normalized spacial score (nSPS) is 18.3. The van der Waals surface area contributed by atoms with Crippen LogP contribution in [0, 0.1) is 0 Å². The molecule has 9 heteroatoms. The number of carbonyl (C=O) groups is 1. The maximum absolute atomic E-state index is 12.7. The molecule has 1 aromatic carbocycles. The van der Waals surface area contributed by atoms with E-state index in [0.717, 1.165) is 30.2 Å². The van der Waals surface area contributed by atoms with E-state index in [9.17, 15) is 4.79 Å². The number of aliphatic imine (C=N–C) groups is 1. The Morgan fingerprint density at radius 3 is 2.90 bits per heavy atom. The second kappa shape index (κ2) is 9.53. The van der Waals surface area contributed by atoms with Crippen LogP contribution >= 0.6 is 11.6 Å². The van der Waals surface area contributed by atoms with E-state index in [1.165, 1.54) is 0 Å². The van der Waals surface area contributed by atoms with Crippen LogP contribution in [0.25, 0.3) is 0 Å². The summed E-state index contributed by atoms with van der Waals surface area (Å²) in [7, 11) is 1.66. The summed E-state index contributed by atoms with van der Waals surface area (Å²) < 4.78 is 10.8. The molecule has 0 radical (unpaired) electrons. The molecule has 0 saturated carbocycles. The zero-order valence-electron chi connectivity index (χ0n) is 17.4. The summed E-state index contributed by atoms with van der Waals surface area (Å²) in [4.78, 5) is 23.7. The average Bonchev–Trinajstić information content (AvgIpc) is 2.78. The quantitative estimate of drug-likeness (QED) is 0.667. The van der Waals surface area contributed by atoms with E-state index >= 15 is 0 Å². The second-order valence-corrected chi connectivity index (χ2v) is 8.02. The molecule has 2 aromatic rings. The topological polar surface area (TPSA) is 88.1 Å². The van der Waals surface area contributed by atoms with E-state index in [1.54, 1.807) is 37.6 Å². The summed E-state index contributed by atoms with van der Waals surface area (Å²) in [5.41, 5.74) is 0.575. The highest BCUT2D eigenvalue weighted by atomic mass is 35.5. The number of amidine groups is 1. The highest BCUT2D eigenvalue weighted by Crippen LogP contribution is 2.36. The molecule has 2 aliphatic rings. The van der Waals surface area contributed by atoms with Crippen LogP contribution in [0.1, 0.15) is 12.8 Å². The first-order chi connectivity index (χ1) is 15.1. The van der Waals surface area contributed by atoms with Gasteiger partial charge in [0.2, 0.25) is 0 Å². The van der Waals surface area contributed by atoms with E-state index < -0.39 is 0 Å². The molecule has 1 aromatic heterocycles. The van der Waals surface area contributed by atoms with Crippen molar-refractivity contribution in [2.75, 3.05) is 50.6 Å². The minimum atomic E-state index is -0.367. The van der Waals surface area contributed by atoms with Crippen LogP contribution in [0.3, 0.4) is 0 Å².